The Morgan fingerprint density at radius 1 is 1.23 bits per heavy atom. The van der Waals surface area contributed by atoms with Crippen molar-refractivity contribution in [1.29, 1.82) is 5.41 Å². The largest absolute Gasteiger partial charge is 0.481 e. The number of carboxylic acids is 2. The van der Waals surface area contributed by atoms with E-state index in [4.69, 9.17) is 27.1 Å². The highest BCUT2D eigenvalue weighted by molar-refractivity contribution is 5.97. The van der Waals surface area contributed by atoms with E-state index in [-0.39, 0.29) is 35.8 Å². The molecule has 31 heavy (non-hydrogen) atoms. The first-order valence-electron chi connectivity index (χ1n) is 9.11. The maximum absolute atomic E-state index is 12.3. The van der Waals surface area contributed by atoms with Crippen molar-refractivity contribution in [2.75, 3.05) is 17.7 Å². The maximum Gasteiger partial charge on any atom is 0.326 e. The fourth-order valence-electron chi connectivity index (χ4n) is 2.68. The van der Waals surface area contributed by atoms with E-state index >= 15 is 0 Å². The zero-order chi connectivity index (χ0) is 23.1. The van der Waals surface area contributed by atoms with Crippen LogP contribution >= 0.6 is 0 Å². The van der Waals surface area contributed by atoms with Crippen LogP contribution in [0.25, 0.3) is 0 Å². The van der Waals surface area contributed by atoms with E-state index in [1.54, 1.807) is 19.2 Å². The Morgan fingerprint density at radius 3 is 2.42 bits per heavy atom. The number of hydrogen-bond acceptors (Lipinski definition) is 8. The lowest BCUT2D eigenvalue weighted by atomic mass is 10.1. The first kappa shape index (κ1) is 23.1. The van der Waals surface area contributed by atoms with Crippen molar-refractivity contribution >= 4 is 35.2 Å². The zero-order valence-corrected chi connectivity index (χ0v) is 16.7. The predicted octanol–water partition coefficient (Wildman–Crippen LogP) is 0.0271. The molecule has 1 aromatic carbocycles. The summed E-state index contributed by atoms with van der Waals surface area (Å²) in [6.45, 7) is 0.329. The third-order valence-electron chi connectivity index (χ3n) is 4.33. The molecule has 1 unspecified atom stereocenters. The Morgan fingerprint density at radius 2 is 1.87 bits per heavy atom. The molecule has 1 heterocycles. The molecule has 8 N–H and O–H groups in total. The van der Waals surface area contributed by atoms with Crippen LogP contribution in [0.5, 0.6) is 0 Å². The molecule has 0 spiro atoms. The van der Waals surface area contributed by atoms with Crippen molar-refractivity contribution in [3.63, 3.8) is 0 Å². The molecule has 12 heteroatoms. The predicted molar refractivity (Wildman–Crippen MR) is 112 cm³/mol. The van der Waals surface area contributed by atoms with Crippen LogP contribution in [0.1, 0.15) is 34.6 Å². The molecular weight excluding hydrogens is 406 g/mol. The van der Waals surface area contributed by atoms with Crippen molar-refractivity contribution in [2.45, 2.75) is 25.4 Å². The summed E-state index contributed by atoms with van der Waals surface area (Å²) >= 11 is 0. The third-order valence-corrected chi connectivity index (χ3v) is 4.33. The number of nitrogens with zero attached hydrogens (tertiary/aromatic N) is 3. The fourth-order valence-corrected chi connectivity index (χ4v) is 2.68. The summed E-state index contributed by atoms with van der Waals surface area (Å²) in [5.74, 6) is -3.29. The standard InChI is InChI=1S/C19H23N7O5/c1-26(9-11-8-23-17(22)15(24-11)16(20)21)12-4-2-10(3-5-12)18(29)25-13(19(30)31)6-7-14(27)28/h2-5,8,13H,6-7,9H2,1H3,(H3,20,21)(H2,22,23)(H,25,29)(H,27,28)(H,30,31). The number of nitrogen functional groups attached to an aromatic ring is 2. The van der Waals surface area contributed by atoms with E-state index < -0.39 is 23.9 Å². The molecule has 1 atom stereocenters. The van der Waals surface area contributed by atoms with Crippen molar-refractivity contribution in [2.24, 2.45) is 5.73 Å². The number of nitrogens with one attached hydrogen (secondary N) is 2. The van der Waals surface area contributed by atoms with Gasteiger partial charge in [-0.05, 0) is 30.7 Å². The monoisotopic (exact) mass is 429 g/mol. The molecule has 0 radical (unpaired) electrons. The normalized spacial score (nSPS) is 11.4. The molecule has 0 bridgehead atoms. The third kappa shape index (κ3) is 6.39. The van der Waals surface area contributed by atoms with Crippen LogP contribution in [0.2, 0.25) is 0 Å². The van der Waals surface area contributed by atoms with E-state index in [0.29, 0.717) is 12.2 Å². The number of rotatable bonds is 10. The minimum atomic E-state index is -1.31. The maximum atomic E-state index is 12.3. The average Bonchev–Trinajstić information content (AvgIpc) is 2.71. The van der Waals surface area contributed by atoms with Crippen LogP contribution in [0.4, 0.5) is 11.5 Å². The van der Waals surface area contributed by atoms with Crippen LogP contribution in [0.3, 0.4) is 0 Å². The summed E-state index contributed by atoms with van der Waals surface area (Å²) in [4.78, 5) is 44.2. The lowest BCUT2D eigenvalue weighted by molar-refractivity contribution is -0.140. The quantitative estimate of drug-likeness (QED) is 0.220. The minimum Gasteiger partial charge on any atom is -0.481 e. The summed E-state index contributed by atoms with van der Waals surface area (Å²) in [7, 11) is 1.78. The number of amidine groups is 1. The molecule has 2 aromatic rings. The number of amides is 1. The number of benzene rings is 1. The number of carbonyl (C=O) groups is 3. The number of hydrogen-bond donors (Lipinski definition) is 6. The number of aromatic nitrogens is 2. The second-order valence-corrected chi connectivity index (χ2v) is 6.71. The van der Waals surface area contributed by atoms with Crippen molar-refractivity contribution in [1.82, 2.24) is 15.3 Å². The lowest BCUT2D eigenvalue weighted by Gasteiger charge is -2.20. The van der Waals surface area contributed by atoms with Gasteiger partial charge in [-0.15, -0.1) is 0 Å². The molecular formula is C19H23N7O5. The number of carboxylic acid groups (broad SMARTS) is 2. The van der Waals surface area contributed by atoms with E-state index in [1.165, 1.54) is 18.3 Å². The zero-order valence-electron chi connectivity index (χ0n) is 16.7. The van der Waals surface area contributed by atoms with Gasteiger partial charge in [0, 0.05) is 24.7 Å². The van der Waals surface area contributed by atoms with Gasteiger partial charge in [0.2, 0.25) is 0 Å². The van der Waals surface area contributed by atoms with E-state index in [0.717, 1.165) is 5.69 Å². The Bertz CT molecular complexity index is 994. The van der Waals surface area contributed by atoms with Gasteiger partial charge in [-0.1, -0.05) is 0 Å². The van der Waals surface area contributed by atoms with E-state index in [2.05, 4.69) is 15.3 Å². The molecule has 164 valence electrons. The average molecular weight is 429 g/mol. The summed E-state index contributed by atoms with van der Waals surface area (Å²) in [5.41, 5.74) is 12.7. The minimum absolute atomic E-state index is 0.0669. The molecule has 2 rings (SSSR count). The molecule has 0 aliphatic carbocycles. The van der Waals surface area contributed by atoms with E-state index in [1.807, 2.05) is 4.90 Å². The van der Waals surface area contributed by atoms with Crippen molar-refractivity contribution < 1.29 is 24.6 Å². The highest BCUT2D eigenvalue weighted by atomic mass is 16.4. The molecule has 0 saturated heterocycles. The van der Waals surface area contributed by atoms with Gasteiger partial charge in [0.15, 0.2) is 5.82 Å². The first-order chi connectivity index (χ1) is 14.6. The van der Waals surface area contributed by atoms with Crippen LogP contribution < -0.4 is 21.7 Å². The summed E-state index contributed by atoms with van der Waals surface area (Å²) in [6.07, 6.45) is 0.881. The van der Waals surface area contributed by atoms with Gasteiger partial charge in [0.25, 0.3) is 5.91 Å². The van der Waals surface area contributed by atoms with E-state index in [9.17, 15) is 14.4 Å². The molecule has 0 aliphatic heterocycles. The van der Waals surface area contributed by atoms with Crippen LogP contribution in [0, 0.1) is 5.41 Å². The van der Waals surface area contributed by atoms with Gasteiger partial charge in [0.05, 0.1) is 18.4 Å². The highest BCUT2D eigenvalue weighted by Crippen LogP contribution is 2.17. The van der Waals surface area contributed by atoms with Crippen molar-refractivity contribution in [3.05, 3.63) is 47.4 Å². The molecule has 0 fully saturated rings. The van der Waals surface area contributed by atoms with Gasteiger partial charge >= 0.3 is 11.9 Å². The van der Waals surface area contributed by atoms with Gasteiger partial charge in [-0.25, -0.2) is 14.8 Å². The second-order valence-electron chi connectivity index (χ2n) is 6.71. The summed E-state index contributed by atoms with van der Waals surface area (Å²) in [6, 6.07) is 5.07. The highest BCUT2D eigenvalue weighted by Gasteiger charge is 2.21. The Kier molecular flexibility index (Phi) is 7.44. The SMILES string of the molecule is CN(Cc1cnc(N)c(C(=N)N)n1)c1ccc(C(=O)NC(CCC(=O)O)C(=O)O)cc1. The first-order valence-corrected chi connectivity index (χ1v) is 9.11. The van der Waals surface area contributed by atoms with Crippen LogP contribution in [0.15, 0.2) is 30.5 Å². The molecule has 12 nitrogen and oxygen atoms in total. The Labute approximate surface area is 177 Å². The summed E-state index contributed by atoms with van der Waals surface area (Å²) in [5, 5.41) is 27.7. The molecule has 1 amide bonds. The molecule has 0 saturated carbocycles. The van der Waals surface area contributed by atoms with Gasteiger partial charge in [-0.2, -0.15) is 0 Å². The molecule has 0 aliphatic rings. The van der Waals surface area contributed by atoms with Crippen LogP contribution in [-0.2, 0) is 16.1 Å². The summed E-state index contributed by atoms with van der Waals surface area (Å²) < 4.78 is 0. The van der Waals surface area contributed by atoms with Crippen LogP contribution in [-0.4, -0.2) is 57.0 Å². The number of nitrogens with two attached hydrogens (primary N) is 2. The lowest BCUT2D eigenvalue weighted by Crippen LogP contribution is -2.41. The number of anilines is 2. The number of carbonyl (C=O) groups excluding carboxylic acids is 1. The Hall–Kier alpha value is -4.22. The topological polar surface area (TPSA) is 209 Å². The van der Waals surface area contributed by atoms with Gasteiger partial charge in [0.1, 0.15) is 17.6 Å². The fraction of sp³-hybridized carbons (Fsp3) is 0.263. The van der Waals surface area contributed by atoms with Crippen molar-refractivity contribution in [3.8, 4) is 0 Å². The number of aliphatic carboxylic acids is 2. The van der Waals surface area contributed by atoms with Gasteiger partial charge < -0.3 is 31.9 Å². The van der Waals surface area contributed by atoms with Gasteiger partial charge in [-0.3, -0.25) is 15.0 Å². The smallest absolute Gasteiger partial charge is 0.326 e. The Balaban J connectivity index is 2.05. The second kappa shape index (κ2) is 10.0. The molecule has 1 aromatic heterocycles.